The third-order valence-corrected chi connectivity index (χ3v) is 2.90. The number of carbonyl (C=O) groups is 1. The van der Waals surface area contributed by atoms with Gasteiger partial charge in [-0.25, -0.2) is 0 Å². The third kappa shape index (κ3) is 2.87. The molecule has 0 radical (unpaired) electrons. The number of nitrogens with two attached hydrogens (primary N) is 1. The minimum atomic E-state index is -0.195. The van der Waals surface area contributed by atoms with Gasteiger partial charge in [-0.15, -0.1) is 0 Å². The first-order chi connectivity index (χ1) is 8.56. The molecule has 0 aliphatic rings. The summed E-state index contributed by atoms with van der Waals surface area (Å²) < 4.78 is 0.810. The van der Waals surface area contributed by atoms with Crippen LogP contribution in [0.25, 0.3) is 0 Å². The van der Waals surface area contributed by atoms with Gasteiger partial charge in [-0.05, 0) is 46.6 Å². The van der Waals surface area contributed by atoms with Crippen molar-refractivity contribution in [1.29, 1.82) is 0 Å². The molecule has 0 saturated heterocycles. The number of benzene rings is 1. The van der Waals surface area contributed by atoms with E-state index in [2.05, 4.69) is 26.2 Å². The van der Waals surface area contributed by atoms with Gasteiger partial charge in [0, 0.05) is 21.9 Å². The van der Waals surface area contributed by atoms with E-state index in [9.17, 15) is 4.79 Å². The van der Waals surface area contributed by atoms with Gasteiger partial charge in [0.15, 0.2) is 0 Å². The highest BCUT2D eigenvalue weighted by Gasteiger charge is 2.09. The molecule has 4 nitrogen and oxygen atoms in total. The molecular formula is C13H12BrN3O. The highest BCUT2D eigenvalue weighted by atomic mass is 79.9. The second-order valence-electron chi connectivity index (χ2n) is 3.92. The number of pyridine rings is 1. The molecule has 18 heavy (non-hydrogen) atoms. The molecule has 0 spiro atoms. The van der Waals surface area contributed by atoms with Gasteiger partial charge in [0.25, 0.3) is 5.91 Å². The topological polar surface area (TPSA) is 68.0 Å². The summed E-state index contributed by atoms with van der Waals surface area (Å²) in [6.07, 6.45) is 3.24. The second kappa shape index (κ2) is 5.18. The van der Waals surface area contributed by atoms with Crippen LogP contribution >= 0.6 is 15.9 Å². The molecule has 2 aromatic rings. The highest BCUT2D eigenvalue weighted by molar-refractivity contribution is 9.10. The van der Waals surface area contributed by atoms with Crippen molar-refractivity contribution in [2.75, 3.05) is 11.1 Å². The van der Waals surface area contributed by atoms with Crippen LogP contribution in [-0.2, 0) is 0 Å². The van der Waals surface area contributed by atoms with Crippen molar-refractivity contribution in [2.24, 2.45) is 0 Å². The van der Waals surface area contributed by atoms with Crippen LogP contribution in [0, 0.1) is 6.92 Å². The number of hydrogen-bond acceptors (Lipinski definition) is 3. The summed E-state index contributed by atoms with van der Waals surface area (Å²) >= 11 is 3.30. The summed E-state index contributed by atoms with van der Waals surface area (Å²) in [6.45, 7) is 1.87. The van der Waals surface area contributed by atoms with Gasteiger partial charge in [-0.2, -0.15) is 0 Å². The number of amides is 1. The van der Waals surface area contributed by atoms with Crippen LogP contribution in [0.15, 0.2) is 41.1 Å². The molecule has 0 aliphatic carbocycles. The van der Waals surface area contributed by atoms with E-state index < -0.39 is 0 Å². The van der Waals surface area contributed by atoms with Gasteiger partial charge >= 0.3 is 0 Å². The molecule has 1 amide bonds. The van der Waals surface area contributed by atoms with Crippen LogP contribution in [0.2, 0.25) is 0 Å². The summed E-state index contributed by atoms with van der Waals surface area (Å²) in [4.78, 5) is 16.1. The summed E-state index contributed by atoms with van der Waals surface area (Å²) in [5.74, 6) is -0.195. The molecule has 2 rings (SSSR count). The lowest BCUT2D eigenvalue weighted by Gasteiger charge is -2.08. The Bertz CT molecular complexity index is 599. The predicted octanol–water partition coefficient (Wildman–Crippen LogP) is 2.99. The number of rotatable bonds is 2. The molecule has 0 atom stereocenters. The summed E-state index contributed by atoms with van der Waals surface area (Å²) in [5, 5.41) is 2.78. The quantitative estimate of drug-likeness (QED) is 0.838. The SMILES string of the molecule is Cc1ccc(N)cc1C(=O)Nc1cncc(Br)c1. The Morgan fingerprint density at radius 1 is 1.33 bits per heavy atom. The number of nitrogens with zero attached hydrogens (tertiary/aromatic N) is 1. The average molecular weight is 306 g/mol. The number of anilines is 2. The van der Waals surface area contributed by atoms with E-state index in [1.807, 2.05) is 13.0 Å². The lowest BCUT2D eigenvalue weighted by Crippen LogP contribution is -2.13. The van der Waals surface area contributed by atoms with Crippen molar-refractivity contribution in [3.8, 4) is 0 Å². The Hall–Kier alpha value is -1.88. The zero-order valence-electron chi connectivity index (χ0n) is 9.77. The average Bonchev–Trinajstić information content (AvgIpc) is 2.32. The van der Waals surface area contributed by atoms with Crippen molar-refractivity contribution in [3.63, 3.8) is 0 Å². The van der Waals surface area contributed by atoms with Gasteiger partial charge in [-0.1, -0.05) is 6.07 Å². The van der Waals surface area contributed by atoms with Crippen molar-refractivity contribution >= 4 is 33.2 Å². The van der Waals surface area contributed by atoms with E-state index in [0.29, 0.717) is 16.9 Å². The number of hydrogen-bond donors (Lipinski definition) is 2. The molecule has 0 saturated carbocycles. The molecule has 1 aromatic carbocycles. The third-order valence-electron chi connectivity index (χ3n) is 2.47. The Morgan fingerprint density at radius 2 is 2.11 bits per heavy atom. The van der Waals surface area contributed by atoms with Crippen molar-refractivity contribution in [2.45, 2.75) is 6.92 Å². The van der Waals surface area contributed by atoms with E-state index in [0.717, 1.165) is 10.0 Å². The van der Waals surface area contributed by atoms with Gasteiger partial charge in [-0.3, -0.25) is 9.78 Å². The molecular weight excluding hydrogens is 294 g/mol. The molecule has 1 heterocycles. The molecule has 5 heteroatoms. The Morgan fingerprint density at radius 3 is 2.83 bits per heavy atom. The fourth-order valence-electron chi connectivity index (χ4n) is 1.56. The maximum atomic E-state index is 12.1. The van der Waals surface area contributed by atoms with Crippen LogP contribution in [0.4, 0.5) is 11.4 Å². The monoisotopic (exact) mass is 305 g/mol. The van der Waals surface area contributed by atoms with Crippen LogP contribution in [0.1, 0.15) is 15.9 Å². The molecule has 3 N–H and O–H groups in total. The van der Waals surface area contributed by atoms with E-state index in [4.69, 9.17) is 5.73 Å². The predicted molar refractivity (Wildman–Crippen MR) is 75.5 cm³/mol. The van der Waals surface area contributed by atoms with Gasteiger partial charge in [0.2, 0.25) is 0 Å². The molecule has 1 aromatic heterocycles. The van der Waals surface area contributed by atoms with E-state index in [1.54, 1.807) is 30.6 Å². The van der Waals surface area contributed by atoms with Crippen LogP contribution in [0.3, 0.4) is 0 Å². The molecule has 0 unspecified atom stereocenters. The fourth-order valence-corrected chi connectivity index (χ4v) is 1.93. The Labute approximate surface area is 113 Å². The van der Waals surface area contributed by atoms with E-state index in [-0.39, 0.29) is 5.91 Å². The van der Waals surface area contributed by atoms with Crippen molar-refractivity contribution in [3.05, 3.63) is 52.3 Å². The normalized spacial score (nSPS) is 10.1. The van der Waals surface area contributed by atoms with Crippen LogP contribution in [0.5, 0.6) is 0 Å². The van der Waals surface area contributed by atoms with E-state index in [1.165, 1.54) is 0 Å². The minimum Gasteiger partial charge on any atom is -0.399 e. The first-order valence-corrected chi connectivity index (χ1v) is 6.13. The summed E-state index contributed by atoms with van der Waals surface area (Å²) in [7, 11) is 0. The number of nitrogen functional groups attached to an aromatic ring is 1. The van der Waals surface area contributed by atoms with Crippen LogP contribution in [-0.4, -0.2) is 10.9 Å². The zero-order valence-corrected chi connectivity index (χ0v) is 11.4. The zero-order chi connectivity index (χ0) is 13.1. The maximum absolute atomic E-state index is 12.1. The van der Waals surface area contributed by atoms with Gasteiger partial charge < -0.3 is 11.1 Å². The Balaban J connectivity index is 2.24. The lowest BCUT2D eigenvalue weighted by molar-refractivity contribution is 0.102. The lowest BCUT2D eigenvalue weighted by atomic mass is 10.1. The van der Waals surface area contributed by atoms with Gasteiger partial charge in [0.05, 0.1) is 11.9 Å². The minimum absolute atomic E-state index is 0.195. The highest BCUT2D eigenvalue weighted by Crippen LogP contribution is 2.17. The first kappa shape index (κ1) is 12.6. The van der Waals surface area contributed by atoms with Gasteiger partial charge in [0.1, 0.15) is 0 Å². The molecule has 0 bridgehead atoms. The van der Waals surface area contributed by atoms with Crippen LogP contribution < -0.4 is 11.1 Å². The smallest absolute Gasteiger partial charge is 0.256 e. The standard InChI is InChI=1S/C13H12BrN3O/c1-8-2-3-10(15)5-12(8)13(18)17-11-4-9(14)6-16-7-11/h2-7H,15H2,1H3,(H,17,18). The summed E-state index contributed by atoms with van der Waals surface area (Å²) in [6, 6.07) is 7.04. The maximum Gasteiger partial charge on any atom is 0.256 e. The second-order valence-corrected chi connectivity index (χ2v) is 4.84. The number of nitrogens with one attached hydrogen (secondary N) is 1. The number of aromatic nitrogens is 1. The van der Waals surface area contributed by atoms with Crippen molar-refractivity contribution < 1.29 is 4.79 Å². The van der Waals surface area contributed by atoms with Crippen molar-refractivity contribution in [1.82, 2.24) is 4.98 Å². The number of aryl methyl sites for hydroxylation is 1. The Kier molecular flexibility index (Phi) is 3.62. The first-order valence-electron chi connectivity index (χ1n) is 5.34. The summed E-state index contributed by atoms with van der Waals surface area (Å²) in [5.41, 5.74) is 8.33. The number of halogens is 1. The fraction of sp³-hybridized carbons (Fsp3) is 0.0769. The molecule has 92 valence electrons. The largest absolute Gasteiger partial charge is 0.399 e. The molecule has 0 aliphatic heterocycles. The number of carbonyl (C=O) groups excluding carboxylic acids is 1. The van der Waals surface area contributed by atoms with E-state index >= 15 is 0 Å². The molecule has 0 fully saturated rings.